The molecule has 3 heterocycles. The number of rotatable bonds is 4. The first kappa shape index (κ1) is 21.6. The van der Waals surface area contributed by atoms with Crippen molar-refractivity contribution < 1.29 is 27.9 Å². The summed E-state index contributed by atoms with van der Waals surface area (Å²) in [4.78, 5) is 30.1. The van der Waals surface area contributed by atoms with Crippen molar-refractivity contribution in [2.24, 2.45) is 0 Å². The van der Waals surface area contributed by atoms with Gasteiger partial charge in [-0.25, -0.2) is 9.37 Å². The second-order valence-corrected chi connectivity index (χ2v) is 8.20. The monoisotopic (exact) mass is 453 g/mol. The lowest BCUT2D eigenvalue weighted by atomic mass is 9.96. The van der Waals surface area contributed by atoms with Crippen molar-refractivity contribution in [1.82, 2.24) is 9.88 Å². The van der Waals surface area contributed by atoms with Crippen molar-refractivity contribution in [2.45, 2.75) is 49.8 Å². The van der Waals surface area contributed by atoms with Gasteiger partial charge in [0.1, 0.15) is 11.0 Å². The minimum absolute atomic E-state index is 0.121. The Hall–Kier alpha value is -2.65. The molecule has 31 heavy (non-hydrogen) atoms. The molecule has 0 spiro atoms. The molecule has 2 aromatic rings. The van der Waals surface area contributed by atoms with Crippen LogP contribution in [0.3, 0.4) is 0 Å². The van der Waals surface area contributed by atoms with E-state index in [0.717, 1.165) is 17.0 Å². The van der Waals surface area contributed by atoms with Crippen LogP contribution < -0.4 is 5.32 Å². The van der Waals surface area contributed by atoms with E-state index in [4.69, 9.17) is 11.6 Å². The number of hydrogen-bond acceptors (Lipinski definition) is 4. The van der Waals surface area contributed by atoms with E-state index in [0.29, 0.717) is 18.9 Å². The number of benzene rings is 1. The van der Waals surface area contributed by atoms with Crippen LogP contribution in [0.15, 0.2) is 36.5 Å². The number of halogens is 4. The summed E-state index contributed by atoms with van der Waals surface area (Å²) in [5.74, 6) is -7.73. The molecule has 4 rings (SSSR count). The number of hydrogen-bond donors (Lipinski definition) is 2. The summed E-state index contributed by atoms with van der Waals surface area (Å²) in [6.07, 6.45) is 2.19. The second-order valence-electron chi connectivity index (χ2n) is 7.81. The van der Waals surface area contributed by atoms with Crippen LogP contribution in [0.5, 0.6) is 0 Å². The van der Waals surface area contributed by atoms with Crippen molar-refractivity contribution in [3.63, 3.8) is 0 Å². The van der Waals surface area contributed by atoms with Gasteiger partial charge in [-0.3, -0.25) is 9.59 Å². The number of amides is 2. The molecule has 1 aromatic carbocycles. The van der Waals surface area contributed by atoms with Crippen LogP contribution in [0.25, 0.3) is 0 Å². The van der Waals surface area contributed by atoms with Gasteiger partial charge in [-0.15, -0.1) is 0 Å². The summed E-state index contributed by atoms with van der Waals surface area (Å²) in [6.45, 7) is 0. The van der Waals surface area contributed by atoms with Crippen LogP contribution in [-0.4, -0.2) is 45.0 Å². The molecule has 10 heteroatoms. The lowest BCUT2D eigenvalue weighted by Gasteiger charge is -2.39. The zero-order chi connectivity index (χ0) is 22.3. The Morgan fingerprint density at radius 3 is 2.48 bits per heavy atom. The Balaban J connectivity index is 1.60. The molecule has 2 saturated heterocycles. The Morgan fingerprint density at radius 1 is 1.16 bits per heavy atom. The third-order valence-corrected chi connectivity index (χ3v) is 5.97. The fourth-order valence-corrected chi connectivity index (χ4v) is 4.52. The van der Waals surface area contributed by atoms with Crippen LogP contribution in [-0.2, 0) is 10.7 Å². The first-order valence-electron chi connectivity index (χ1n) is 9.78. The predicted molar refractivity (Wildman–Crippen MR) is 106 cm³/mol. The maximum atomic E-state index is 15.1. The molecule has 2 bridgehead atoms. The van der Waals surface area contributed by atoms with Gasteiger partial charge >= 0.3 is 5.92 Å². The van der Waals surface area contributed by atoms with Crippen LogP contribution >= 0.6 is 11.6 Å². The topological polar surface area (TPSA) is 82.5 Å². The molecule has 2 amide bonds. The van der Waals surface area contributed by atoms with Gasteiger partial charge in [-0.05, 0) is 56.0 Å². The number of carbonyl (C=O) groups excluding carboxylic acids is 2. The molecular formula is C21H19ClF3N3O3. The molecule has 3 atom stereocenters. The lowest BCUT2D eigenvalue weighted by molar-refractivity contribution is -0.166. The number of piperidine rings is 1. The van der Waals surface area contributed by atoms with E-state index < -0.39 is 47.3 Å². The fourth-order valence-electron chi connectivity index (χ4n) is 4.35. The number of anilines is 1. The normalized spacial score (nSPS) is 23.0. The Labute approximate surface area is 181 Å². The van der Waals surface area contributed by atoms with E-state index in [1.165, 1.54) is 18.3 Å². The largest absolute Gasteiger partial charge is 0.393 e. The molecule has 0 aliphatic carbocycles. The summed E-state index contributed by atoms with van der Waals surface area (Å²) in [7, 11) is 0. The van der Waals surface area contributed by atoms with E-state index in [9.17, 15) is 19.1 Å². The smallest absolute Gasteiger partial charge is 0.352 e. The molecule has 0 unspecified atom stereocenters. The number of aliphatic hydroxyl groups is 1. The fraction of sp³-hybridized carbons (Fsp3) is 0.381. The van der Waals surface area contributed by atoms with E-state index in [-0.39, 0.29) is 29.2 Å². The van der Waals surface area contributed by atoms with E-state index in [1.807, 2.05) is 0 Å². The Morgan fingerprint density at radius 2 is 1.84 bits per heavy atom. The Kier molecular flexibility index (Phi) is 5.65. The summed E-state index contributed by atoms with van der Waals surface area (Å²) in [5.41, 5.74) is -1.13. The molecule has 2 aliphatic rings. The van der Waals surface area contributed by atoms with Gasteiger partial charge in [-0.1, -0.05) is 11.6 Å². The van der Waals surface area contributed by atoms with Gasteiger partial charge in [0, 0.05) is 29.5 Å². The average Bonchev–Trinajstić information content (AvgIpc) is 2.98. The highest BCUT2D eigenvalue weighted by atomic mass is 35.5. The van der Waals surface area contributed by atoms with Crippen molar-refractivity contribution in [3.05, 3.63) is 58.6 Å². The zero-order valence-corrected chi connectivity index (χ0v) is 17.0. The number of alkyl halides is 2. The second kappa shape index (κ2) is 8.12. The first-order chi connectivity index (χ1) is 14.7. The van der Waals surface area contributed by atoms with E-state index >= 15 is 8.78 Å². The third kappa shape index (κ3) is 4.12. The summed E-state index contributed by atoms with van der Waals surface area (Å²) < 4.78 is 44.6. The molecule has 2 aliphatic heterocycles. The maximum absolute atomic E-state index is 15.1. The summed E-state index contributed by atoms with van der Waals surface area (Å²) >= 11 is 5.76. The van der Waals surface area contributed by atoms with Gasteiger partial charge < -0.3 is 15.3 Å². The van der Waals surface area contributed by atoms with Crippen LogP contribution in [0.1, 0.15) is 41.6 Å². The Bertz CT molecular complexity index is 1020. The minimum atomic E-state index is -4.16. The molecular weight excluding hydrogens is 435 g/mol. The van der Waals surface area contributed by atoms with Crippen LogP contribution in [0, 0.1) is 5.82 Å². The first-order valence-corrected chi connectivity index (χ1v) is 10.2. The van der Waals surface area contributed by atoms with Crippen LogP contribution in [0.4, 0.5) is 18.9 Å². The van der Waals surface area contributed by atoms with Gasteiger partial charge in [0.25, 0.3) is 11.8 Å². The predicted octanol–water partition coefficient (Wildman–Crippen LogP) is 3.73. The molecule has 164 valence electrons. The van der Waals surface area contributed by atoms with Crippen molar-refractivity contribution in [1.29, 1.82) is 0 Å². The number of carbonyl (C=O) groups is 2. The number of pyridine rings is 1. The lowest BCUT2D eigenvalue weighted by Crippen LogP contribution is -2.53. The highest BCUT2D eigenvalue weighted by Crippen LogP contribution is 2.41. The van der Waals surface area contributed by atoms with Crippen molar-refractivity contribution >= 4 is 29.1 Å². The molecule has 2 fully saturated rings. The number of aliphatic hydroxyl groups excluding tert-OH is 1. The number of nitrogens with zero attached hydrogens (tertiary/aromatic N) is 2. The standard InChI is InChI=1S/C21H19ClF3N3O3/c22-18-8-12(5-6-26-18)27-19(30)11-1-4-17(23)16(7-11)21(24,25)20(31)28-13-2-3-14(28)10-15(29)9-13/h1,4-8,13-15,29H,2-3,9-10H2,(H,26,27,30)/t13-,14+,15-. The summed E-state index contributed by atoms with van der Waals surface area (Å²) in [5, 5.41) is 12.4. The maximum Gasteiger partial charge on any atom is 0.352 e. The zero-order valence-electron chi connectivity index (χ0n) is 16.2. The third-order valence-electron chi connectivity index (χ3n) is 5.76. The minimum Gasteiger partial charge on any atom is -0.393 e. The van der Waals surface area contributed by atoms with Gasteiger partial charge in [0.15, 0.2) is 0 Å². The van der Waals surface area contributed by atoms with Crippen molar-refractivity contribution in [3.8, 4) is 0 Å². The number of fused-ring (bicyclic) bond motifs is 2. The SMILES string of the molecule is O=C(Nc1ccnc(Cl)c1)c1ccc(F)c(C(F)(F)C(=O)N2[C@@H]3CC[C@H]2C[C@H](O)C3)c1. The van der Waals surface area contributed by atoms with Crippen LogP contribution in [0.2, 0.25) is 5.15 Å². The summed E-state index contributed by atoms with van der Waals surface area (Å²) in [6, 6.07) is 4.29. The van der Waals surface area contributed by atoms with E-state index in [2.05, 4.69) is 10.3 Å². The van der Waals surface area contributed by atoms with Gasteiger partial charge in [-0.2, -0.15) is 8.78 Å². The quantitative estimate of drug-likeness (QED) is 0.691. The van der Waals surface area contributed by atoms with Gasteiger partial charge in [0.05, 0.1) is 11.7 Å². The van der Waals surface area contributed by atoms with Crippen molar-refractivity contribution in [2.75, 3.05) is 5.32 Å². The molecule has 0 saturated carbocycles. The molecule has 2 N–H and O–H groups in total. The van der Waals surface area contributed by atoms with E-state index in [1.54, 1.807) is 0 Å². The number of nitrogens with one attached hydrogen (secondary N) is 1. The molecule has 1 aromatic heterocycles. The van der Waals surface area contributed by atoms with Gasteiger partial charge in [0.2, 0.25) is 0 Å². The highest BCUT2D eigenvalue weighted by Gasteiger charge is 2.53. The number of aromatic nitrogens is 1. The average molecular weight is 454 g/mol. The highest BCUT2D eigenvalue weighted by molar-refractivity contribution is 6.29. The molecule has 0 radical (unpaired) electrons. The molecule has 6 nitrogen and oxygen atoms in total.